The van der Waals surface area contributed by atoms with Gasteiger partial charge in [-0.2, -0.15) is 26.3 Å². The Balaban J connectivity index is 0.000000201. The minimum absolute atomic E-state index is 0.0282. The van der Waals surface area contributed by atoms with Gasteiger partial charge in [0.05, 0.1) is 16.9 Å². The van der Waals surface area contributed by atoms with Gasteiger partial charge >= 0.3 is 12.4 Å². The third-order valence-corrected chi connectivity index (χ3v) is 6.94. The maximum absolute atomic E-state index is 12.9. The highest BCUT2D eigenvalue weighted by Gasteiger charge is 2.48. The summed E-state index contributed by atoms with van der Waals surface area (Å²) in [6.07, 6.45) is -5.66. The van der Waals surface area contributed by atoms with Gasteiger partial charge in [-0.05, 0) is 78.5 Å². The molecule has 2 aliphatic carbocycles. The summed E-state index contributed by atoms with van der Waals surface area (Å²) >= 11 is 0. The average molecular weight is 518 g/mol. The standard InChI is InChI=1S/C14H17F3O.C13H16F3NO/c1-9(2)10-6-11(13(18-3)4-5-13)8-12(7-10)14(15,16)17;1-8(2)9-6-10(12(18-3)4-5-12)17-11(7-9)13(14,15)16/h6-9H,4-5H2,1-3H3;6-8H,4-5H2,1-3H3. The van der Waals surface area contributed by atoms with Gasteiger partial charge in [-0.1, -0.05) is 33.8 Å². The number of aromatic nitrogens is 1. The summed E-state index contributed by atoms with van der Waals surface area (Å²) in [5, 5.41) is 0. The van der Waals surface area contributed by atoms with Crippen LogP contribution in [0.2, 0.25) is 0 Å². The summed E-state index contributed by atoms with van der Waals surface area (Å²) in [5.74, 6) is 0.0965. The first kappa shape index (κ1) is 28.4. The molecule has 0 spiro atoms. The van der Waals surface area contributed by atoms with Crippen LogP contribution in [0.5, 0.6) is 0 Å². The number of rotatable bonds is 6. The van der Waals surface area contributed by atoms with Gasteiger partial charge in [0, 0.05) is 14.2 Å². The zero-order chi connectivity index (χ0) is 27.1. The molecule has 200 valence electrons. The lowest BCUT2D eigenvalue weighted by Crippen LogP contribution is -2.17. The lowest BCUT2D eigenvalue weighted by atomic mass is 9.94. The van der Waals surface area contributed by atoms with Crippen molar-refractivity contribution >= 4 is 0 Å². The van der Waals surface area contributed by atoms with Crippen LogP contribution >= 0.6 is 0 Å². The van der Waals surface area contributed by atoms with Gasteiger partial charge in [0.15, 0.2) is 0 Å². The monoisotopic (exact) mass is 517 g/mol. The molecule has 0 unspecified atom stereocenters. The fourth-order valence-electron chi connectivity index (χ4n) is 4.08. The molecule has 0 aliphatic heterocycles. The molecule has 9 heteroatoms. The van der Waals surface area contributed by atoms with Crippen LogP contribution in [0.25, 0.3) is 0 Å². The molecule has 0 amide bonds. The van der Waals surface area contributed by atoms with Gasteiger partial charge in [-0.25, -0.2) is 4.98 Å². The van der Waals surface area contributed by atoms with Crippen LogP contribution in [-0.2, 0) is 33.0 Å². The van der Waals surface area contributed by atoms with Crippen molar-refractivity contribution in [3.8, 4) is 0 Å². The molecule has 1 aromatic carbocycles. The van der Waals surface area contributed by atoms with Crippen molar-refractivity contribution < 1.29 is 35.8 Å². The molecular formula is C27H33F6NO2. The molecule has 0 radical (unpaired) electrons. The van der Waals surface area contributed by atoms with E-state index in [0.29, 0.717) is 22.4 Å². The van der Waals surface area contributed by atoms with Gasteiger partial charge in [-0.3, -0.25) is 0 Å². The second kappa shape index (κ2) is 9.97. The van der Waals surface area contributed by atoms with Gasteiger partial charge in [-0.15, -0.1) is 0 Å². The molecule has 0 bridgehead atoms. The SMILES string of the molecule is COC1(c2cc(C(C)C)cc(C(F)(F)F)c2)CC1.COC1(c2cc(C(C)C)cc(C(F)(F)F)n2)CC1. The Morgan fingerprint density at radius 2 is 1.19 bits per heavy atom. The number of alkyl halides is 6. The summed E-state index contributed by atoms with van der Waals surface area (Å²) < 4.78 is 87.8. The van der Waals surface area contributed by atoms with E-state index < -0.39 is 34.8 Å². The van der Waals surface area contributed by atoms with Crippen LogP contribution in [0.1, 0.15) is 98.9 Å². The number of ether oxygens (including phenoxy) is 2. The maximum Gasteiger partial charge on any atom is 0.433 e. The number of nitrogens with zero attached hydrogens (tertiary/aromatic N) is 1. The number of hydrogen-bond acceptors (Lipinski definition) is 3. The van der Waals surface area contributed by atoms with Gasteiger partial charge in [0.2, 0.25) is 0 Å². The van der Waals surface area contributed by atoms with Crippen LogP contribution in [-0.4, -0.2) is 19.2 Å². The fourth-order valence-corrected chi connectivity index (χ4v) is 4.08. The fraction of sp³-hybridized carbons (Fsp3) is 0.593. The van der Waals surface area contributed by atoms with Gasteiger partial charge < -0.3 is 9.47 Å². The van der Waals surface area contributed by atoms with Crippen molar-refractivity contribution in [1.29, 1.82) is 0 Å². The van der Waals surface area contributed by atoms with Crippen molar-refractivity contribution in [2.75, 3.05) is 14.2 Å². The molecule has 0 saturated heterocycles. The highest BCUT2D eigenvalue weighted by Crippen LogP contribution is 2.50. The summed E-state index contributed by atoms with van der Waals surface area (Å²) in [7, 11) is 3.08. The highest BCUT2D eigenvalue weighted by molar-refractivity contribution is 5.39. The van der Waals surface area contributed by atoms with E-state index in [1.807, 2.05) is 33.8 Å². The van der Waals surface area contributed by atoms with E-state index in [9.17, 15) is 26.3 Å². The largest absolute Gasteiger partial charge is 0.433 e. The minimum Gasteiger partial charge on any atom is -0.374 e. The molecule has 0 atom stereocenters. The van der Waals surface area contributed by atoms with Crippen molar-refractivity contribution in [3.63, 3.8) is 0 Å². The second-order valence-electron chi connectivity index (χ2n) is 10.2. The first-order chi connectivity index (χ1) is 16.6. The zero-order valence-electron chi connectivity index (χ0n) is 21.4. The molecular weight excluding hydrogens is 484 g/mol. The number of hydrogen-bond donors (Lipinski definition) is 0. The van der Waals surface area contributed by atoms with Crippen LogP contribution in [0.15, 0.2) is 30.3 Å². The Hall–Kier alpha value is -2.13. The van der Waals surface area contributed by atoms with E-state index in [0.717, 1.165) is 31.7 Å². The predicted molar refractivity (Wildman–Crippen MR) is 125 cm³/mol. The van der Waals surface area contributed by atoms with Crippen molar-refractivity contribution in [2.45, 2.75) is 88.8 Å². The van der Waals surface area contributed by atoms with E-state index in [2.05, 4.69) is 4.98 Å². The number of methoxy groups -OCH3 is 2. The molecule has 2 saturated carbocycles. The van der Waals surface area contributed by atoms with Crippen molar-refractivity contribution in [3.05, 3.63) is 64.0 Å². The number of halogens is 6. The third kappa shape index (κ3) is 6.22. The van der Waals surface area contributed by atoms with Crippen LogP contribution < -0.4 is 0 Å². The van der Waals surface area contributed by atoms with E-state index >= 15 is 0 Å². The molecule has 36 heavy (non-hydrogen) atoms. The van der Waals surface area contributed by atoms with Crippen LogP contribution in [0.3, 0.4) is 0 Å². The van der Waals surface area contributed by atoms with E-state index in [1.54, 1.807) is 13.2 Å². The van der Waals surface area contributed by atoms with E-state index in [-0.39, 0.29) is 11.8 Å². The quantitative estimate of drug-likeness (QED) is 0.361. The average Bonchev–Trinajstić information content (AvgIpc) is 3.72. The minimum atomic E-state index is -4.41. The van der Waals surface area contributed by atoms with Crippen molar-refractivity contribution in [2.24, 2.45) is 0 Å². The topological polar surface area (TPSA) is 31.4 Å². The first-order valence-corrected chi connectivity index (χ1v) is 12.0. The molecule has 2 aromatic rings. The Morgan fingerprint density at radius 1 is 0.694 bits per heavy atom. The summed E-state index contributed by atoms with van der Waals surface area (Å²) in [6, 6.07) is 7.16. The third-order valence-electron chi connectivity index (χ3n) is 6.94. The predicted octanol–water partition coefficient (Wildman–Crippen LogP) is 8.32. The summed E-state index contributed by atoms with van der Waals surface area (Å²) in [4.78, 5) is 3.74. The Kier molecular flexibility index (Phi) is 7.88. The molecule has 4 rings (SSSR count). The molecule has 1 aromatic heterocycles. The zero-order valence-corrected chi connectivity index (χ0v) is 21.4. The summed E-state index contributed by atoms with van der Waals surface area (Å²) in [5.41, 5.74) is -0.0552. The molecule has 0 N–H and O–H groups in total. The number of pyridine rings is 1. The van der Waals surface area contributed by atoms with Gasteiger partial charge in [0.25, 0.3) is 0 Å². The van der Waals surface area contributed by atoms with Crippen LogP contribution in [0.4, 0.5) is 26.3 Å². The molecule has 2 fully saturated rings. The Morgan fingerprint density at radius 3 is 1.58 bits per heavy atom. The van der Waals surface area contributed by atoms with Crippen molar-refractivity contribution in [1.82, 2.24) is 4.98 Å². The van der Waals surface area contributed by atoms with Gasteiger partial charge in [0.1, 0.15) is 11.3 Å². The highest BCUT2D eigenvalue weighted by atomic mass is 19.4. The normalized spacial score (nSPS) is 18.2. The Bertz CT molecular complexity index is 981. The second-order valence-corrected chi connectivity index (χ2v) is 10.2. The molecule has 3 nitrogen and oxygen atoms in total. The summed E-state index contributed by atoms with van der Waals surface area (Å²) in [6.45, 7) is 7.52. The Labute approximate surface area is 208 Å². The van der Waals surface area contributed by atoms with E-state index in [1.165, 1.54) is 19.2 Å². The molecule has 2 aliphatic rings. The maximum atomic E-state index is 12.9. The van der Waals surface area contributed by atoms with Crippen LogP contribution in [0, 0.1) is 0 Å². The lowest BCUT2D eigenvalue weighted by Gasteiger charge is -2.19. The number of benzene rings is 1. The molecule has 1 heterocycles. The smallest absolute Gasteiger partial charge is 0.374 e. The van der Waals surface area contributed by atoms with E-state index in [4.69, 9.17) is 9.47 Å². The first-order valence-electron chi connectivity index (χ1n) is 12.0. The lowest BCUT2D eigenvalue weighted by molar-refractivity contribution is -0.141.